The van der Waals surface area contributed by atoms with Gasteiger partial charge in [-0.15, -0.1) is 0 Å². The van der Waals surface area contributed by atoms with E-state index in [0.29, 0.717) is 11.1 Å². The largest absolute Gasteiger partial charge is 0.385 e. The summed E-state index contributed by atoms with van der Waals surface area (Å²) in [6.45, 7) is 10.2. The summed E-state index contributed by atoms with van der Waals surface area (Å²) in [5, 5.41) is 3.92. The topological polar surface area (TPSA) is 47.0 Å². The number of nitrogens with one attached hydrogen (secondary N) is 1. The summed E-state index contributed by atoms with van der Waals surface area (Å²) in [5.74, 6) is 1.12. The van der Waals surface area contributed by atoms with Crippen molar-refractivity contribution in [3.63, 3.8) is 0 Å². The molecule has 0 radical (unpaired) electrons. The van der Waals surface area contributed by atoms with Crippen molar-refractivity contribution < 1.29 is 4.74 Å². The molecule has 19 heavy (non-hydrogen) atoms. The minimum Gasteiger partial charge on any atom is -0.385 e. The molecule has 1 aromatic rings. The van der Waals surface area contributed by atoms with Crippen molar-refractivity contribution in [3.8, 4) is 0 Å². The predicted molar refractivity (Wildman–Crippen MR) is 79.9 cm³/mol. The molecule has 0 aliphatic heterocycles. The van der Waals surface area contributed by atoms with Crippen molar-refractivity contribution in [2.75, 3.05) is 25.6 Å². The molecule has 0 unspecified atom stereocenters. The molecule has 0 amide bonds. The SMILES string of the molecule is COCCC(C)(C)CNc1ncnc(Cl)c1C(C)C. The number of methoxy groups -OCH3 is 1. The van der Waals surface area contributed by atoms with Crippen LogP contribution in [0.25, 0.3) is 0 Å². The molecule has 108 valence electrons. The Morgan fingerprint density at radius 3 is 2.63 bits per heavy atom. The Balaban J connectivity index is 2.75. The summed E-state index contributed by atoms with van der Waals surface area (Å²) < 4.78 is 5.14. The maximum absolute atomic E-state index is 6.15. The Bertz CT molecular complexity index is 408. The maximum atomic E-state index is 6.15. The summed E-state index contributed by atoms with van der Waals surface area (Å²) in [4.78, 5) is 8.36. The Morgan fingerprint density at radius 2 is 2.05 bits per heavy atom. The van der Waals surface area contributed by atoms with Crippen molar-refractivity contribution in [3.05, 3.63) is 17.0 Å². The van der Waals surface area contributed by atoms with Crippen LogP contribution in [0.5, 0.6) is 0 Å². The zero-order chi connectivity index (χ0) is 14.5. The molecule has 0 saturated heterocycles. The maximum Gasteiger partial charge on any atom is 0.138 e. The summed E-state index contributed by atoms with van der Waals surface area (Å²) in [6, 6.07) is 0. The van der Waals surface area contributed by atoms with E-state index in [4.69, 9.17) is 16.3 Å². The lowest BCUT2D eigenvalue weighted by Crippen LogP contribution is -2.25. The van der Waals surface area contributed by atoms with E-state index in [1.54, 1.807) is 7.11 Å². The zero-order valence-electron chi connectivity index (χ0n) is 12.5. The Kier molecular flexibility index (Phi) is 6.01. The molecule has 1 N–H and O–H groups in total. The summed E-state index contributed by atoms with van der Waals surface area (Å²) >= 11 is 6.15. The first-order chi connectivity index (χ1) is 8.87. The van der Waals surface area contributed by atoms with Crippen LogP contribution in [-0.2, 0) is 4.74 Å². The highest BCUT2D eigenvalue weighted by Crippen LogP contribution is 2.29. The molecule has 1 rings (SSSR count). The van der Waals surface area contributed by atoms with Gasteiger partial charge in [0.05, 0.1) is 0 Å². The van der Waals surface area contributed by atoms with Crippen molar-refractivity contribution in [1.82, 2.24) is 9.97 Å². The average molecular weight is 286 g/mol. The highest BCUT2D eigenvalue weighted by molar-refractivity contribution is 6.30. The summed E-state index contributed by atoms with van der Waals surface area (Å²) in [7, 11) is 1.73. The van der Waals surface area contributed by atoms with E-state index in [2.05, 4.69) is 43.0 Å². The fourth-order valence-corrected chi connectivity index (χ4v) is 2.17. The molecular weight excluding hydrogens is 262 g/mol. The number of halogens is 1. The second kappa shape index (κ2) is 7.06. The molecule has 0 spiro atoms. The number of ether oxygens (including phenoxy) is 1. The molecule has 0 bridgehead atoms. The van der Waals surface area contributed by atoms with Crippen LogP contribution < -0.4 is 5.32 Å². The van der Waals surface area contributed by atoms with E-state index in [-0.39, 0.29) is 5.41 Å². The lowest BCUT2D eigenvalue weighted by molar-refractivity contribution is 0.157. The van der Waals surface area contributed by atoms with E-state index in [1.165, 1.54) is 6.33 Å². The third-order valence-electron chi connectivity index (χ3n) is 3.13. The third-order valence-corrected chi connectivity index (χ3v) is 3.43. The van der Waals surface area contributed by atoms with Gasteiger partial charge >= 0.3 is 0 Å². The van der Waals surface area contributed by atoms with Gasteiger partial charge in [-0.3, -0.25) is 0 Å². The molecule has 5 heteroatoms. The molecule has 0 aliphatic rings. The smallest absolute Gasteiger partial charge is 0.138 e. The number of anilines is 1. The van der Waals surface area contributed by atoms with Crippen molar-refractivity contribution in [2.24, 2.45) is 5.41 Å². The fraction of sp³-hybridized carbons (Fsp3) is 0.714. The zero-order valence-corrected chi connectivity index (χ0v) is 13.2. The van der Waals surface area contributed by atoms with Gasteiger partial charge in [-0.1, -0.05) is 39.3 Å². The van der Waals surface area contributed by atoms with E-state index in [0.717, 1.165) is 31.0 Å². The minimum absolute atomic E-state index is 0.141. The number of aromatic nitrogens is 2. The molecule has 0 saturated carbocycles. The lowest BCUT2D eigenvalue weighted by atomic mass is 9.89. The van der Waals surface area contributed by atoms with E-state index >= 15 is 0 Å². The summed E-state index contributed by atoms with van der Waals surface area (Å²) in [5.41, 5.74) is 1.12. The van der Waals surface area contributed by atoms with Crippen LogP contribution in [0.2, 0.25) is 5.15 Å². The van der Waals surface area contributed by atoms with E-state index in [9.17, 15) is 0 Å². The molecule has 0 fully saturated rings. The van der Waals surface area contributed by atoms with Gasteiger partial charge in [0.25, 0.3) is 0 Å². The van der Waals surface area contributed by atoms with Crippen LogP contribution in [0.3, 0.4) is 0 Å². The van der Waals surface area contributed by atoms with Gasteiger partial charge in [-0.2, -0.15) is 0 Å². The normalized spacial score (nSPS) is 11.9. The van der Waals surface area contributed by atoms with Crippen LogP contribution in [0.4, 0.5) is 5.82 Å². The lowest BCUT2D eigenvalue weighted by Gasteiger charge is -2.26. The van der Waals surface area contributed by atoms with Crippen LogP contribution >= 0.6 is 11.6 Å². The van der Waals surface area contributed by atoms with Gasteiger partial charge in [0.2, 0.25) is 0 Å². The first-order valence-electron chi connectivity index (χ1n) is 6.60. The van der Waals surface area contributed by atoms with Crippen LogP contribution in [-0.4, -0.2) is 30.2 Å². The Morgan fingerprint density at radius 1 is 1.37 bits per heavy atom. The molecule has 0 atom stereocenters. The monoisotopic (exact) mass is 285 g/mol. The number of rotatable bonds is 7. The van der Waals surface area contributed by atoms with Crippen molar-refractivity contribution in [1.29, 1.82) is 0 Å². The standard InChI is InChI=1S/C14H24ClN3O/c1-10(2)11-12(15)17-9-18-13(11)16-8-14(3,4)6-7-19-5/h9-10H,6-8H2,1-5H3,(H,16,17,18). The molecular formula is C14H24ClN3O. The molecule has 0 aliphatic carbocycles. The van der Waals surface area contributed by atoms with Crippen molar-refractivity contribution >= 4 is 17.4 Å². The molecule has 1 aromatic heterocycles. The van der Waals surface area contributed by atoms with Gasteiger partial charge in [-0.25, -0.2) is 9.97 Å². The van der Waals surface area contributed by atoms with E-state index in [1.807, 2.05) is 0 Å². The molecule has 0 aromatic carbocycles. The second-order valence-corrected chi connectivity index (χ2v) is 6.20. The van der Waals surface area contributed by atoms with Gasteiger partial charge in [-0.05, 0) is 17.8 Å². The van der Waals surface area contributed by atoms with Gasteiger partial charge in [0.1, 0.15) is 17.3 Å². The first kappa shape index (κ1) is 16.2. The minimum atomic E-state index is 0.141. The highest BCUT2D eigenvalue weighted by atomic mass is 35.5. The quantitative estimate of drug-likeness (QED) is 0.776. The average Bonchev–Trinajstić information content (AvgIpc) is 2.33. The molecule has 1 heterocycles. The number of hydrogen-bond acceptors (Lipinski definition) is 4. The Hall–Kier alpha value is -0.870. The number of nitrogens with zero attached hydrogens (tertiary/aromatic N) is 2. The predicted octanol–water partition coefficient (Wildman–Crippen LogP) is 3.73. The van der Waals surface area contributed by atoms with Crippen molar-refractivity contribution in [2.45, 2.75) is 40.0 Å². The van der Waals surface area contributed by atoms with Gasteiger partial charge < -0.3 is 10.1 Å². The van der Waals surface area contributed by atoms with Gasteiger partial charge in [0, 0.05) is 25.8 Å². The van der Waals surface area contributed by atoms with Gasteiger partial charge in [0.15, 0.2) is 0 Å². The highest BCUT2D eigenvalue weighted by Gasteiger charge is 2.20. The van der Waals surface area contributed by atoms with Crippen LogP contribution in [0, 0.1) is 5.41 Å². The van der Waals surface area contributed by atoms with Crippen LogP contribution in [0.15, 0.2) is 6.33 Å². The van der Waals surface area contributed by atoms with Crippen LogP contribution in [0.1, 0.15) is 45.6 Å². The fourth-order valence-electron chi connectivity index (χ4n) is 1.82. The number of hydrogen-bond donors (Lipinski definition) is 1. The third kappa shape index (κ3) is 4.96. The first-order valence-corrected chi connectivity index (χ1v) is 6.98. The summed E-state index contributed by atoms with van der Waals surface area (Å²) in [6.07, 6.45) is 2.49. The molecule has 4 nitrogen and oxygen atoms in total. The second-order valence-electron chi connectivity index (χ2n) is 5.84. The Labute approximate surface area is 120 Å². The van der Waals surface area contributed by atoms with E-state index < -0.39 is 0 Å².